The van der Waals surface area contributed by atoms with Gasteiger partial charge in [0.1, 0.15) is 28.5 Å². The van der Waals surface area contributed by atoms with Gasteiger partial charge in [0, 0.05) is 43.1 Å². The first kappa shape index (κ1) is 43.6. The number of amides is 4. The molecule has 4 heterocycles. The van der Waals surface area contributed by atoms with E-state index in [1.807, 2.05) is 78.9 Å². The molecule has 4 amide bonds. The van der Waals surface area contributed by atoms with Crippen LogP contribution < -0.4 is 32.2 Å². The molecule has 3 N–H and O–H groups in total. The van der Waals surface area contributed by atoms with Crippen LogP contribution in [0.5, 0.6) is 5.75 Å². The third-order valence-corrected chi connectivity index (χ3v) is 11.2. The largest absolute Gasteiger partial charge is 1.00 e. The van der Waals surface area contributed by atoms with Gasteiger partial charge in [0.15, 0.2) is 18.5 Å². The molecule has 0 bridgehead atoms. The van der Waals surface area contributed by atoms with Crippen molar-refractivity contribution in [1.82, 2.24) is 20.4 Å². The van der Waals surface area contributed by atoms with Crippen molar-refractivity contribution >= 4 is 41.5 Å². The van der Waals surface area contributed by atoms with Gasteiger partial charge in [0.2, 0.25) is 12.5 Å². The molecule has 0 saturated carbocycles. The van der Waals surface area contributed by atoms with Crippen molar-refractivity contribution in [3.8, 4) is 5.75 Å². The summed E-state index contributed by atoms with van der Waals surface area (Å²) in [5.74, 6) is -1.17. The number of nitrogens with one attached hydrogen (secondary N) is 2. The average Bonchev–Trinajstić information content (AvgIpc) is 3.55. The number of esters is 1. The molecule has 2 unspecified atom stereocenters. The summed E-state index contributed by atoms with van der Waals surface area (Å²) in [4.78, 5) is 70.4. The number of alkyl carbamates (subject to hydrolysis) is 1. The zero-order valence-corrected chi connectivity index (χ0v) is 35.8. The third kappa shape index (κ3) is 10.4. The Labute approximate surface area is 363 Å². The van der Waals surface area contributed by atoms with Crippen molar-refractivity contribution in [2.24, 2.45) is 0 Å². The number of carbonyl (C=O) groups is 5. The lowest BCUT2D eigenvalue weighted by atomic mass is 10.00. The lowest BCUT2D eigenvalue weighted by Gasteiger charge is -2.49. The maximum atomic E-state index is 14.4. The maximum Gasteiger partial charge on any atom is 0.408 e. The van der Waals surface area contributed by atoms with E-state index in [9.17, 15) is 29.1 Å². The number of phenols is 1. The van der Waals surface area contributed by atoms with Gasteiger partial charge in [-0.2, -0.15) is 4.57 Å². The van der Waals surface area contributed by atoms with Crippen LogP contribution in [0.3, 0.4) is 0 Å². The summed E-state index contributed by atoms with van der Waals surface area (Å²) in [7, 11) is 0. The molecule has 0 aliphatic carbocycles. The van der Waals surface area contributed by atoms with Crippen molar-refractivity contribution in [1.29, 1.82) is 0 Å². The monoisotopic (exact) mass is 895 g/mol. The molecule has 0 spiro atoms. The van der Waals surface area contributed by atoms with Crippen LogP contribution in [0.2, 0.25) is 0 Å². The molecular formula is C45H46BrN5O8S. The highest BCUT2D eigenvalue weighted by atomic mass is 79.9. The number of phenolic OH excluding ortho intramolecular Hbond substituents is 1. The molecule has 1 aromatic heterocycles. The van der Waals surface area contributed by atoms with E-state index < -0.39 is 41.1 Å². The van der Waals surface area contributed by atoms with Gasteiger partial charge < -0.3 is 47.1 Å². The number of pyridine rings is 1. The summed E-state index contributed by atoms with van der Waals surface area (Å²) < 4.78 is 13.4. The quantitative estimate of drug-likeness (QED) is 0.0839. The highest BCUT2D eigenvalue weighted by molar-refractivity contribution is 8.00. The Morgan fingerprint density at radius 3 is 2.23 bits per heavy atom. The SMILES string of the molecule is CC(C)(C)OC(=O)NC1C(=O)N2C(C(=O)OC(c3ccccc3)c3ccccc3)=C(C=C3CCN(Cc4cc[n+](CC(=O)NCc5cccc(O)c5)cc4)C3=O)CSC12.[Br-]. The zero-order valence-electron chi connectivity index (χ0n) is 33.4. The van der Waals surface area contributed by atoms with Gasteiger partial charge >= 0.3 is 12.1 Å². The molecule has 2 saturated heterocycles. The number of hydrogen-bond donors (Lipinski definition) is 3. The molecule has 3 aromatic carbocycles. The van der Waals surface area contributed by atoms with Gasteiger partial charge in [0.05, 0.1) is 0 Å². The van der Waals surface area contributed by atoms with Crippen molar-refractivity contribution in [3.63, 3.8) is 0 Å². The van der Waals surface area contributed by atoms with Crippen molar-refractivity contribution in [2.75, 3.05) is 12.3 Å². The molecule has 2 fully saturated rings. The number of allylic oxidation sites excluding steroid dienone is 1. The Hall–Kier alpha value is -5.93. The summed E-state index contributed by atoms with van der Waals surface area (Å²) >= 11 is 1.38. The summed E-state index contributed by atoms with van der Waals surface area (Å²) in [5, 5.41) is 14.6. The first-order valence-corrected chi connectivity index (χ1v) is 20.4. The van der Waals surface area contributed by atoms with E-state index in [-0.39, 0.29) is 52.5 Å². The number of β-lactam (4-membered cyclic amide) rings is 1. The van der Waals surface area contributed by atoms with E-state index in [0.29, 0.717) is 37.2 Å². The number of aromatic hydroxyl groups is 1. The summed E-state index contributed by atoms with van der Waals surface area (Å²) in [6.45, 7) is 6.38. The standard InChI is InChI=1S/C45H45N5O8S.BrH/c1-45(2,3)58-44(56)47-37-41(54)50-38(43(55)57-39(31-12-6-4-7-13-31)32-14-8-5-9-15-32)34(28-59-42(37)50)24-33-19-22-49(40(33)53)26-29-17-20-48(21-18-29)27-36(52)46-25-30-11-10-16-35(51)23-30;/h4-18,20-21,23-24,37,39,42H,19,22,25-28H2,1-3H3,(H2-,46,47,51,52,56);1H. The van der Waals surface area contributed by atoms with Crippen LogP contribution in [0.1, 0.15) is 55.5 Å². The molecule has 4 aromatic rings. The van der Waals surface area contributed by atoms with Gasteiger partial charge in [-0.3, -0.25) is 19.3 Å². The van der Waals surface area contributed by atoms with E-state index in [4.69, 9.17) is 9.47 Å². The zero-order chi connectivity index (χ0) is 41.7. The van der Waals surface area contributed by atoms with E-state index in [1.165, 1.54) is 16.7 Å². The number of benzene rings is 3. The molecule has 15 heteroatoms. The van der Waals surface area contributed by atoms with Crippen LogP contribution in [-0.2, 0) is 48.3 Å². The van der Waals surface area contributed by atoms with E-state index in [1.54, 1.807) is 66.9 Å². The molecule has 312 valence electrons. The predicted octanol–water partition coefficient (Wildman–Crippen LogP) is 2.05. The minimum Gasteiger partial charge on any atom is -1.00 e. The summed E-state index contributed by atoms with van der Waals surface area (Å²) in [6, 6.07) is 28.2. The van der Waals surface area contributed by atoms with Crippen LogP contribution in [0.4, 0.5) is 4.79 Å². The highest BCUT2D eigenvalue weighted by Crippen LogP contribution is 2.43. The Bertz CT molecular complexity index is 2260. The minimum atomic E-state index is -0.918. The second-order valence-corrected chi connectivity index (χ2v) is 16.6. The fourth-order valence-electron chi connectivity index (χ4n) is 7.09. The average molecular weight is 897 g/mol. The fourth-order valence-corrected chi connectivity index (χ4v) is 8.40. The van der Waals surface area contributed by atoms with Crippen molar-refractivity contribution in [3.05, 3.63) is 155 Å². The van der Waals surface area contributed by atoms with Gasteiger partial charge in [-0.05, 0) is 73.2 Å². The van der Waals surface area contributed by atoms with Crippen LogP contribution >= 0.6 is 11.8 Å². The number of aromatic nitrogens is 1. The first-order valence-electron chi connectivity index (χ1n) is 19.3. The number of nitrogens with zero attached hydrogens (tertiary/aromatic N) is 3. The molecule has 2 atom stereocenters. The number of hydrogen-bond acceptors (Lipinski definition) is 9. The molecule has 3 aliphatic rings. The topological polar surface area (TPSA) is 158 Å². The fraction of sp³-hybridized carbons (Fsp3) is 0.289. The number of ether oxygens (including phenoxy) is 2. The number of rotatable bonds is 12. The third-order valence-electron chi connectivity index (χ3n) is 9.91. The van der Waals surface area contributed by atoms with E-state index >= 15 is 0 Å². The Morgan fingerprint density at radius 1 is 0.933 bits per heavy atom. The number of halogens is 1. The lowest BCUT2D eigenvalue weighted by Crippen LogP contribution is -3.00. The van der Waals surface area contributed by atoms with E-state index in [0.717, 1.165) is 22.3 Å². The second-order valence-electron chi connectivity index (χ2n) is 15.5. The normalized spacial score (nSPS) is 18.1. The van der Waals surface area contributed by atoms with Crippen LogP contribution in [0, 0.1) is 0 Å². The molecule has 60 heavy (non-hydrogen) atoms. The van der Waals surface area contributed by atoms with Crippen molar-refractivity contribution in [2.45, 2.75) is 69.9 Å². The Balaban J connectivity index is 0.00000604. The number of likely N-dealkylation sites (tertiary alicyclic amines) is 1. The number of carbonyl (C=O) groups excluding carboxylic acids is 5. The van der Waals surface area contributed by atoms with Gasteiger partial charge in [-0.1, -0.05) is 72.8 Å². The summed E-state index contributed by atoms with van der Waals surface area (Å²) in [6.07, 6.45) is 4.19. The van der Waals surface area contributed by atoms with Crippen molar-refractivity contribution < 1.29 is 60.1 Å². The van der Waals surface area contributed by atoms with Crippen LogP contribution in [-0.4, -0.2) is 74.0 Å². The lowest BCUT2D eigenvalue weighted by molar-refractivity contribution is -0.684. The highest BCUT2D eigenvalue weighted by Gasteiger charge is 2.55. The van der Waals surface area contributed by atoms with Gasteiger partial charge in [-0.25, -0.2) is 9.59 Å². The molecule has 0 radical (unpaired) electrons. The van der Waals surface area contributed by atoms with Crippen LogP contribution in [0.15, 0.2) is 132 Å². The number of fused-ring (bicyclic) bond motifs is 1. The Kier molecular flexibility index (Phi) is 13.8. The number of thioether (sulfide) groups is 1. The van der Waals surface area contributed by atoms with Gasteiger partial charge in [0.25, 0.3) is 11.8 Å². The molecule has 3 aliphatic heterocycles. The van der Waals surface area contributed by atoms with E-state index in [2.05, 4.69) is 10.6 Å². The minimum absolute atomic E-state index is 0. The smallest absolute Gasteiger partial charge is 0.408 e. The first-order chi connectivity index (χ1) is 28.3. The molecule has 7 rings (SSSR count). The van der Waals surface area contributed by atoms with Crippen LogP contribution in [0.25, 0.3) is 0 Å². The maximum absolute atomic E-state index is 14.4. The second kappa shape index (κ2) is 19.0. The van der Waals surface area contributed by atoms with Gasteiger partial charge in [-0.15, -0.1) is 11.8 Å². The predicted molar refractivity (Wildman–Crippen MR) is 219 cm³/mol. The summed E-state index contributed by atoms with van der Waals surface area (Å²) in [5.41, 5.74) is 3.40. The molecule has 13 nitrogen and oxygen atoms in total. The Morgan fingerprint density at radius 2 is 1.60 bits per heavy atom. The molecular weight excluding hydrogens is 850 g/mol.